The van der Waals surface area contributed by atoms with Crippen molar-refractivity contribution in [1.82, 2.24) is 4.90 Å². The summed E-state index contributed by atoms with van der Waals surface area (Å²) < 4.78 is 0. The fraction of sp³-hybridized carbons (Fsp3) is 0.684. The summed E-state index contributed by atoms with van der Waals surface area (Å²) in [7, 11) is 0. The van der Waals surface area contributed by atoms with Crippen LogP contribution in [0.15, 0.2) is 37.5 Å². The highest BCUT2D eigenvalue weighted by Crippen LogP contribution is 2.02. The van der Waals surface area contributed by atoms with Gasteiger partial charge in [0, 0.05) is 6.54 Å². The first-order valence-corrected chi connectivity index (χ1v) is 8.28. The summed E-state index contributed by atoms with van der Waals surface area (Å²) >= 11 is 0. The molecule has 0 N–H and O–H groups in total. The molecular weight excluding hydrogens is 242 g/mol. The van der Waals surface area contributed by atoms with E-state index in [0.29, 0.717) is 0 Å². The highest BCUT2D eigenvalue weighted by atomic mass is 15.1. The third-order valence-corrected chi connectivity index (χ3v) is 2.54. The third kappa shape index (κ3) is 30.3. The lowest BCUT2D eigenvalue weighted by Gasteiger charge is -2.21. The molecule has 0 aromatic carbocycles. The van der Waals surface area contributed by atoms with E-state index < -0.39 is 0 Å². The fourth-order valence-corrected chi connectivity index (χ4v) is 1.21. The van der Waals surface area contributed by atoms with E-state index in [1.807, 2.05) is 39.8 Å². The minimum atomic E-state index is 0.861. The van der Waals surface area contributed by atoms with Gasteiger partial charge < -0.3 is 4.90 Å². The maximum atomic E-state index is 3.46. The average Bonchev–Trinajstić information content (AvgIpc) is 2.54. The smallest absolute Gasteiger partial charge is 0.000668 e. The Morgan fingerprint density at radius 1 is 0.850 bits per heavy atom. The second kappa shape index (κ2) is 30.9. The van der Waals surface area contributed by atoms with Crippen LogP contribution in [-0.2, 0) is 0 Å². The topological polar surface area (TPSA) is 3.24 Å². The lowest BCUT2D eigenvalue weighted by Crippen LogP contribution is -2.27. The van der Waals surface area contributed by atoms with Gasteiger partial charge in [-0.1, -0.05) is 99.3 Å². The minimum Gasteiger partial charge on any atom is -0.304 e. The second-order valence-electron chi connectivity index (χ2n) is 3.86. The molecule has 0 aromatic rings. The molecule has 0 aromatic heterocycles. The molecule has 1 nitrogen and oxygen atoms in total. The quantitative estimate of drug-likeness (QED) is 0.493. The van der Waals surface area contributed by atoms with Crippen LogP contribution in [0.5, 0.6) is 0 Å². The molecule has 0 heterocycles. The number of nitrogens with zero attached hydrogens (tertiary/aromatic N) is 1. The van der Waals surface area contributed by atoms with Gasteiger partial charge in [-0.05, 0) is 19.0 Å². The Morgan fingerprint density at radius 3 is 1.40 bits per heavy atom. The molecule has 0 saturated heterocycles. The molecule has 0 aliphatic heterocycles. The fourth-order valence-electron chi connectivity index (χ4n) is 1.21. The standard InChI is InChI=1S/C9H21N.C6H8.2C2H6/c1-5-9(4)8-10(6-2)7-3;1-3-5-6-4-2;2*1-2/h9H,5-8H2,1-4H3;3-6H,1-2H2;2*1-2H3/b;6-5-;;. The van der Waals surface area contributed by atoms with E-state index in [1.165, 1.54) is 26.1 Å². The van der Waals surface area contributed by atoms with Crippen molar-refractivity contribution in [2.24, 2.45) is 5.92 Å². The third-order valence-electron chi connectivity index (χ3n) is 2.54. The number of rotatable bonds is 7. The Labute approximate surface area is 130 Å². The maximum absolute atomic E-state index is 3.46. The van der Waals surface area contributed by atoms with Crippen molar-refractivity contribution in [3.63, 3.8) is 0 Å². The van der Waals surface area contributed by atoms with Crippen molar-refractivity contribution in [2.75, 3.05) is 19.6 Å². The van der Waals surface area contributed by atoms with E-state index in [4.69, 9.17) is 0 Å². The number of hydrogen-bond donors (Lipinski definition) is 0. The van der Waals surface area contributed by atoms with Gasteiger partial charge in [0.25, 0.3) is 0 Å². The van der Waals surface area contributed by atoms with Gasteiger partial charge >= 0.3 is 0 Å². The molecule has 1 atom stereocenters. The van der Waals surface area contributed by atoms with Crippen molar-refractivity contribution in [2.45, 2.75) is 61.8 Å². The normalized spacial score (nSPS) is 10.2. The monoisotopic (exact) mass is 283 g/mol. The summed E-state index contributed by atoms with van der Waals surface area (Å²) in [5, 5.41) is 0. The Bertz CT molecular complexity index is 168. The first kappa shape index (κ1) is 27.5. The molecule has 0 aliphatic carbocycles. The predicted octanol–water partition coefficient (Wildman–Crippen LogP) is 6.34. The van der Waals surface area contributed by atoms with Crippen molar-refractivity contribution >= 4 is 0 Å². The predicted molar refractivity (Wildman–Crippen MR) is 99.5 cm³/mol. The summed E-state index contributed by atoms with van der Waals surface area (Å²) in [5.74, 6) is 0.861. The van der Waals surface area contributed by atoms with E-state index >= 15 is 0 Å². The van der Waals surface area contributed by atoms with Crippen LogP contribution in [0.3, 0.4) is 0 Å². The summed E-state index contributed by atoms with van der Waals surface area (Å²) in [6.45, 7) is 27.6. The molecule has 0 fully saturated rings. The zero-order chi connectivity index (χ0) is 16.8. The largest absolute Gasteiger partial charge is 0.304 e. The van der Waals surface area contributed by atoms with Gasteiger partial charge in [0.1, 0.15) is 0 Å². The molecule has 20 heavy (non-hydrogen) atoms. The van der Waals surface area contributed by atoms with Crippen LogP contribution in [0.4, 0.5) is 0 Å². The van der Waals surface area contributed by atoms with Gasteiger partial charge in [-0.2, -0.15) is 0 Å². The molecule has 0 spiro atoms. The van der Waals surface area contributed by atoms with Crippen LogP contribution in [0, 0.1) is 5.92 Å². The number of hydrogen-bond acceptors (Lipinski definition) is 1. The van der Waals surface area contributed by atoms with Crippen molar-refractivity contribution in [1.29, 1.82) is 0 Å². The van der Waals surface area contributed by atoms with Crippen LogP contribution in [0.25, 0.3) is 0 Å². The zero-order valence-corrected chi connectivity index (χ0v) is 15.6. The van der Waals surface area contributed by atoms with Crippen LogP contribution in [0.2, 0.25) is 0 Å². The molecule has 0 saturated carbocycles. The summed E-state index contributed by atoms with van der Waals surface area (Å²) in [5.41, 5.74) is 0. The van der Waals surface area contributed by atoms with Gasteiger partial charge in [-0.3, -0.25) is 0 Å². The van der Waals surface area contributed by atoms with E-state index in [9.17, 15) is 0 Å². The second-order valence-corrected chi connectivity index (χ2v) is 3.86. The summed E-state index contributed by atoms with van der Waals surface area (Å²) in [4.78, 5) is 2.48. The summed E-state index contributed by atoms with van der Waals surface area (Å²) in [6, 6.07) is 0. The summed E-state index contributed by atoms with van der Waals surface area (Å²) in [6.07, 6.45) is 8.37. The first-order chi connectivity index (χ1) is 9.65. The molecular formula is C19H41N. The van der Waals surface area contributed by atoms with Gasteiger partial charge in [-0.15, -0.1) is 0 Å². The molecule has 122 valence electrons. The van der Waals surface area contributed by atoms with Gasteiger partial charge in [0.15, 0.2) is 0 Å². The van der Waals surface area contributed by atoms with E-state index in [2.05, 4.69) is 45.8 Å². The maximum Gasteiger partial charge on any atom is 0.000668 e. The van der Waals surface area contributed by atoms with Gasteiger partial charge in [0.05, 0.1) is 0 Å². The van der Waals surface area contributed by atoms with Crippen molar-refractivity contribution in [3.05, 3.63) is 37.5 Å². The zero-order valence-electron chi connectivity index (χ0n) is 15.6. The number of allylic oxidation sites excluding steroid dienone is 4. The SMILES string of the molecule is C=C/C=C\C=C.CC.CC.CCC(C)CN(CC)CC. The average molecular weight is 284 g/mol. The minimum absolute atomic E-state index is 0.861. The van der Waals surface area contributed by atoms with E-state index in [-0.39, 0.29) is 0 Å². The molecule has 0 bridgehead atoms. The van der Waals surface area contributed by atoms with E-state index in [0.717, 1.165) is 5.92 Å². The Balaban J connectivity index is -0.000000109. The molecule has 0 amide bonds. The Morgan fingerprint density at radius 2 is 1.20 bits per heavy atom. The molecule has 1 heteroatoms. The Kier molecular flexibility index (Phi) is 42.5. The molecule has 0 radical (unpaired) electrons. The lowest BCUT2D eigenvalue weighted by molar-refractivity contribution is 0.258. The first-order valence-electron chi connectivity index (χ1n) is 8.28. The molecule has 1 unspecified atom stereocenters. The van der Waals surface area contributed by atoms with Crippen LogP contribution in [0.1, 0.15) is 61.8 Å². The van der Waals surface area contributed by atoms with Crippen LogP contribution in [-0.4, -0.2) is 24.5 Å². The highest BCUT2D eigenvalue weighted by molar-refractivity contribution is 5.05. The van der Waals surface area contributed by atoms with Crippen LogP contribution >= 0.6 is 0 Å². The lowest BCUT2D eigenvalue weighted by atomic mass is 10.1. The molecule has 0 aliphatic rings. The van der Waals surface area contributed by atoms with E-state index in [1.54, 1.807) is 12.2 Å². The molecule has 0 rings (SSSR count). The highest BCUT2D eigenvalue weighted by Gasteiger charge is 2.03. The van der Waals surface area contributed by atoms with Gasteiger partial charge in [-0.25, -0.2) is 0 Å². The van der Waals surface area contributed by atoms with Crippen molar-refractivity contribution in [3.8, 4) is 0 Å². The van der Waals surface area contributed by atoms with Crippen molar-refractivity contribution < 1.29 is 0 Å². The van der Waals surface area contributed by atoms with Crippen LogP contribution < -0.4 is 0 Å². The van der Waals surface area contributed by atoms with Gasteiger partial charge in [0.2, 0.25) is 0 Å². The Hall–Kier alpha value is -0.820.